The molecule has 0 radical (unpaired) electrons. The average Bonchev–Trinajstić information content (AvgIpc) is 2.63. The van der Waals surface area contributed by atoms with Crippen molar-refractivity contribution in [3.05, 3.63) is 33.8 Å². The highest BCUT2D eigenvalue weighted by atomic mass is 35.5. The maximum absolute atomic E-state index is 6.06. The fourth-order valence-corrected chi connectivity index (χ4v) is 2.46. The first-order valence-corrected chi connectivity index (χ1v) is 6.23. The number of benzene rings is 1. The van der Waals surface area contributed by atoms with Gasteiger partial charge in [-0.3, -0.25) is 0 Å². The molecule has 0 saturated heterocycles. The van der Waals surface area contributed by atoms with Crippen LogP contribution < -0.4 is 5.73 Å². The van der Waals surface area contributed by atoms with Gasteiger partial charge < -0.3 is 10.5 Å². The molecule has 0 aromatic heterocycles. The first kappa shape index (κ1) is 12.2. The lowest BCUT2D eigenvalue weighted by atomic mass is 10.2. The number of halogens is 2. The van der Waals surface area contributed by atoms with Gasteiger partial charge in [-0.25, -0.2) is 0 Å². The number of hydrogen-bond donors (Lipinski definition) is 1. The Balaban J connectivity index is 1.94. The Kier molecular flexibility index (Phi) is 4.09. The lowest BCUT2D eigenvalue weighted by Gasteiger charge is -2.16. The van der Waals surface area contributed by atoms with Crippen LogP contribution in [0.3, 0.4) is 0 Å². The lowest BCUT2D eigenvalue weighted by Crippen LogP contribution is -2.31. The summed E-state index contributed by atoms with van der Waals surface area (Å²) in [4.78, 5) is 0. The van der Waals surface area contributed by atoms with E-state index in [2.05, 4.69) is 0 Å². The van der Waals surface area contributed by atoms with Crippen LogP contribution in [0.2, 0.25) is 10.0 Å². The Labute approximate surface area is 106 Å². The molecule has 1 aliphatic carbocycles. The minimum Gasteiger partial charge on any atom is -0.372 e. The summed E-state index contributed by atoms with van der Waals surface area (Å²) in [6, 6.07) is 5.62. The van der Waals surface area contributed by atoms with E-state index in [1.54, 1.807) is 6.07 Å². The molecule has 2 rings (SSSR count). The normalized spacial score (nSPS) is 24.9. The summed E-state index contributed by atoms with van der Waals surface area (Å²) in [7, 11) is 0. The van der Waals surface area contributed by atoms with Gasteiger partial charge in [0.25, 0.3) is 0 Å². The second-order valence-corrected chi connectivity index (χ2v) is 5.02. The Hall–Kier alpha value is -0.280. The minimum absolute atomic E-state index is 0.172. The molecule has 0 heterocycles. The van der Waals surface area contributed by atoms with Crippen molar-refractivity contribution in [1.82, 2.24) is 0 Å². The second kappa shape index (κ2) is 5.37. The first-order chi connectivity index (χ1) is 7.66. The fraction of sp³-hybridized carbons (Fsp3) is 0.500. The summed E-state index contributed by atoms with van der Waals surface area (Å²) in [6.07, 6.45) is 3.43. The van der Waals surface area contributed by atoms with E-state index in [0.717, 1.165) is 24.8 Å². The van der Waals surface area contributed by atoms with E-state index in [4.69, 9.17) is 33.7 Å². The highest BCUT2D eigenvalue weighted by Crippen LogP contribution is 2.25. The highest BCUT2D eigenvalue weighted by molar-refractivity contribution is 6.35. The van der Waals surface area contributed by atoms with Crippen LogP contribution in [0.5, 0.6) is 0 Å². The Bertz CT molecular complexity index is 370. The van der Waals surface area contributed by atoms with Crippen molar-refractivity contribution in [3.63, 3.8) is 0 Å². The monoisotopic (exact) mass is 259 g/mol. The Morgan fingerprint density at radius 2 is 2.12 bits per heavy atom. The fourth-order valence-electron chi connectivity index (χ4n) is 2.00. The molecular weight excluding hydrogens is 245 g/mol. The second-order valence-electron chi connectivity index (χ2n) is 4.18. The number of nitrogens with two attached hydrogens (primary N) is 1. The summed E-state index contributed by atoms with van der Waals surface area (Å²) in [5.41, 5.74) is 6.89. The smallest absolute Gasteiger partial charge is 0.0735 e. The van der Waals surface area contributed by atoms with Gasteiger partial charge in [-0.2, -0.15) is 0 Å². The van der Waals surface area contributed by atoms with Crippen molar-refractivity contribution in [3.8, 4) is 0 Å². The van der Waals surface area contributed by atoms with Crippen molar-refractivity contribution >= 4 is 23.2 Å². The molecule has 4 heteroatoms. The molecule has 1 fully saturated rings. The molecule has 1 saturated carbocycles. The molecule has 1 aromatic carbocycles. The molecule has 0 aliphatic heterocycles. The number of ether oxygens (including phenoxy) is 1. The van der Waals surface area contributed by atoms with Crippen molar-refractivity contribution in [2.24, 2.45) is 5.73 Å². The highest BCUT2D eigenvalue weighted by Gasteiger charge is 2.24. The van der Waals surface area contributed by atoms with Crippen molar-refractivity contribution < 1.29 is 4.74 Å². The third-order valence-corrected chi connectivity index (χ3v) is 3.56. The third kappa shape index (κ3) is 2.89. The predicted molar refractivity (Wildman–Crippen MR) is 66.9 cm³/mol. The largest absolute Gasteiger partial charge is 0.372 e. The standard InChI is InChI=1S/C12H15Cl2NO/c13-9-5-4-8(10(14)6-9)7-16-12-3-1-2-11(12)15/h4-6,11-12H,1-3,7,15H2. The van der Waals surface area contributed by atoms with E-state index < -0.39 is 0 Å². The van der Waals surface area contributed by atoms with Crippen LogP contribution in [0.25, 0.3) is 0 Å². The molecule has 0 amide bonds. The Morgan fingerprint density at radius 1 is 1.31 bits per heavy atom. The van der Waals surface area contributed by atoms with Gasteiger partial charge in [0.05, 0.1) is 12.7 Å². The first-order valence-electron chi connectivity index (χ1n) is 5.48. The molecule has 2 unspecified atom stereocenters. The quantitative estimate of drug-likeness (QED) is 0.904. The van der Waals surface area contributed by atoms with Gasteiger partial charge in [0.15, 0.2) is 0 Å². The maximum atomic E-state index is 6.06. The summed E-state index contributed by atoms with van der Waals surface area (Å²) in [5, 5.41) is 1.30. The summed E-state index contributed by atoms with van der Waals surface area (Å²) in [6.45, 7) is 0.508. The van der Waals surface area contributed by atoms with Crippen LogP contribution in [0.4, 0.5) is 0 Å². The molecular formula is C12H15Cl2NO. The van der Waals surface area contributed by atoms with E-state index in [9.17, 15) is 0 Å². The van der Waals surface area contributed by atoms with Gasteiger partial charge in [0, 0.05) is 16.1 Å². The lowest BCUT2D eigenvalue weighted by molar-refractivity contribution is 0.0358. The number of hydrogen-bond acceptors (Lipinski definition) is 2. The molecule has 0 spiro atoms. The molecule has 2 N–H and O–H groups in total. The summed E-state index contributed by atoms with van der Waals surface area (Å²) >= 11 is 11.9. The van der Waals surface area contributed by atoms with Crippen LogP contribution >= 0.6 is 23.2 Å². The van der Waals surface area contributed by atoms with Crippen LogP contribution in [-0.4, -0.2) is 12.1 Å². The van der Waals surface area contributed by atoms with Crippen LogP contribution in [0, 0.1) is 0 Å². The van der Waals surface area contributed by atoms with E-state index >= 15 is 0 Å². The zero-order chi connectivity index (χ0) is 11.5. The van der Waals surface area contributed by atoms with E-state index in [1.165, 1.54) is 0 Å². The Morgan fingerprint density at radius 3 is 2.75 bits per heavy atom. The molecule has 88 valence electrons. The summed E-state index contributed by atoms with van der Waals surface area (Å²) in [5.74, 6) is 0. The van der Waals surface area contributed by atoms with Gasteiger partial charge in [-0.15, -0.1) is 0 Å². The minimum atomic E-state index is 0.172. The third-order valence-electron chi connectivity index (χ3n) is 2.97. The average molecular weight is 260 g/mol. The zero-order valence-corrected chi connectivity index (χ0v) is 10.5. The zero-order valence-electron chi connectivity index (χ0n) is 8.96. The van der Waals surface area contributed by atoms with E-state index in [0.29, 0.717) is 16.7 Å². The van der Waals surface area contributed by atoms with Crippen LogP contribution in [-0.2, 0) is 11.3 Å². The topological polar surface area (TPSA) is 35.2 Å². The number of rotatable bonds is 3. The predicted octanol–water partition coefficient (Wildman–Crippen LogP) is 3.39. The molecule has 1 aromatic rings. The molecule has 2 atom stereocenters. The van der Waals surface area contributed by atoms with E-state index in [1.807, 2.05) is 12.1 Å². The van der Waals surface area contributed by atoms with Crippen molar-refractivity contribution in [1.29, 1.82) is 0 Å². The van der Waals surface area contributed by atoms with Crippen molar-refractivity contribution in [2.45, 2.75) is 38.0 Å². The van der Waals surface area contributed by atoms with Crippen LogP contribution in [0.15, 0.2) is 18.2 Å². The van der Waals surface area contributed by atoms with Gasteiger partial charge >= 0.3 is 0 Å². The SMILES string of the molecule is NC1CCCC1OCc1ccc(Cl)cc1Cl. The molecule has 1 aliphatic rings. The molecule has 16 heavy (non-hydrogen) atoms. The van der Waals surface area contributed by atoms with Gasteiger partial charge in [-0.1, -0.05) is 29.3 Å². The maximum Gasteiger partial charge on any atom is 0.0735 e. The molecule has 2 nitrogen and oxygen atoms in total. The van der Waals surface area contributed by atoms with Gasteiger partial charge in [0.1, 0.15) is 0 Å². The van der Waals surface area contributed by atoms with E-state index in [-0.39, 0.29) is 12.1 Å². The molecule has 0 bridgehead atoms. The van der Waals surface area contributed by atoms with Gasteiger partial charge in [0.2, 0.25) is 0 Å². The van der Waals surface area contributed by atoms with Crippen LogP contribution in [0.1, 0.15) is 24.8 Å². The van der Waals surface area contributed by atoms with Gasteiger partial charge in [-0.05, 0) is 37.0 Å². The summed E-state index contributed by atoms with van der Waals surface area (Å²) < 4.78 is 5.77. The van der Waals surface area contributed by atoms with Crippen molar-refractivity contribution in [2.75, 3.05) is 0 Å².